The molecule has 1 fully saturated rings. The molecule has 1 saturated carbocycles. The van der Waals surface area contributed by atoms with E-state index in [4.69, 9.17) is 0 Å². The number of hydrogen-bond donors (Lipinski definition) is 1. The number of pyridine rings is 1. The summed E-state index contributed by atoms with van der Waals surface area (Å²) in [5.41, 5.74) is 1.84. The van der Waals surface area contributed by atoms with E-state index in [1.807, 2.05) is 0 Å². The first-order chi connectivity index (χ1) is 14.9. The van der Waals surface area contributed by atoms with E-state index >= 15 is 0 Å². The minimum absolute atomic E-state index is 0.0946. The maximum Gasteiger partial charge on any atom is 0.253 e. The molecule has 1 aliphatic rings. The van der Waals surface area contributed by atoms with Gasteiger partial charge in [0.05, 0.1) is 29.2 Å². The predicted molar refractivity (Wildman–Crippen MR) is 115 cm³/mol. The van der Waals surface area contributed by atoms with Crippen LogP contribution in [0.5, 0.6) is 0 Å². The molecule has 0 radical (unpaired) electrons. The van der Waals surface area contributed by atoms with Crippen LogP contribution in [0.3, 0.4) is 0 Å². The quantitative estimate of drug-likeness (QED) is 0.684. The molecule has 4 rings (SSSR count). The molecule has 1 aliphatic carbocycles. The lowest BCUT2D eigenvalue weighted by molar-refractivity contribution is -0.134. The predicted octanol–water partition coefficient (Wildman–Crippen LogP) is 3.18. The second-order valence-electron chi connectivity index (χ2n) is 8.31. The summed E-state index contributed by atoms with van der Waals surface area (Å²) >= 11 is 0. The Bertz CT molecular complexity index is 1090. The summed E-state index contributed by atoms with van der Waals surface area (Å²) in [5.74, 6) is 0.140. The first kappa shape index (κ1) is 21.0. The summed E-state index contributed by atoms with van der Waals surface area (Å²) < 4.78 is 14.9. The summed E-state index contributed by atoms with van der Waals surface area (Å²) in [4.78, 5) is 30.9. The van der Waals surface area contributed by atoms with Crippen molar-refractivity contribution in [3.63, 3.8) is 0 Å². The largest absolute Gasteiger partial charge is 0.352 e. The van der Waals surface area contributed by atoms with E-state index in [0.717, 1.165) is 25.7 Å². The van der Waals surface area contributed by atoms with Crippen molar-refractivity contribution in [2.45, 2.75) is 25.7 Å². The van der Waals surface area contributed by atoms with Gasteiger partial charge in [-0.05, 0) is 55.9 Å². The summed E-state index contributed by atoms with van der Waals surface area (Å²) in [7, 11) is 3.59. The van der Waals surface area contributed by atoms with Gasteiger partial charge in [-0.2, -0.15) is 5.10 Å². The van der Waals surface area contributed by atoms with Gasteiger partial charge in [0.15, 0.2) is 0 Å². The minimum Gasteiger partial charge on any atom is -0.352 e. The first-order valence-corrected chi connectivity index (χ1v) is 10.5. The van der Waals surface area contributed by atoms with Crippen LogP contribution in [0.25, 0.3) is 16.6 Å². The molecule has 2 heterocycles. The Labute approximate surface area is 180 Å². The maximum absolute atomic E-state index is 13.2. The molecule has 0 saturated heterocycles. The van der Waals surface area contributed by atoms with Crippen LogP contribution in [-0.4, -0.2) is 52.1 Å². The number of nitrogens with zero attached hydrogens (tertiary/aromatic N) is 4. The van der Waals surface area contributed by atoms with E-state index in [0.29, 0.717) is 34.6 Å². The zero-order chi connectivity index (χ0) is 22.0. The van der Waals surface area contributed by atoms with E-state index in [-0.39, 0.29) is 23.5 Å². The molecule has 7 nitrogen and oxygen atoms in total. The van der Waals surface area contributed by atoms with Gasteiger partial charge in [-0.3, -0.25) is 14.6 Å². The lowest BCUT2D eigenvalue weighted by Gasteiger charge is -2.29. The highest BCUT2D eigenvalue weighted by molar-refractivity contribution is 6.05. The zero-order valence-corrected chi connectivity index (χ0v) is 17.7. The molecular weight excluding hydrogens is 397 g/mol. The number of hydrogen-bond acceptors (Lipinski definition) is 4. The van der Waals surface area contributed by atoms with Gasteiger partial charge in [-0.25, -0.2) is 9.07 Å². The lowest BCUT2D eigenvalue weighted by atomic mass is 9.81. The van der Waals surface area contributed by atoms with Gasteiger partial charge >= 0.3 is 0 Å². The molecule has 1 N–H and O–H groups in total. The van der Waals surface area contributed by atoms with Crippen LogP contribution < -0.4 is 5.32 Å². The number of benzene rings is 1. The Morgan fingerprint density at radius 1 is 1.10 bits per heavy atom. The van der Waals surface area contributed by atoms with Crippen molar-refractivity contribution < 1.29 is 14.0 Å². The van der Waals surface area contributed by atoms with Crippen molar-refractivity contribution in [2.24, 2.45) is 11.8 Å². The number of amides is 2. The molecule has 31 heavy (non-hydrogen) atoms. The van der Waals surface area contributed by atoms with E-state index in [9.17, 15) is 14.0 Å². The summed E-state index contributed by atoms with van der Waals surface area (Å²) in [6.45, 7) is 0.574. The number of nitrogens with one attached hydrogen (secondary N) is 1. The average molecular weight is 423 g/mol. The number of carbonyl (C=O) groups excluding carboxylic acids is 2. The Hall–Kier alpha value is -3.29. The van der Waals surface area contributed by atoms with E-state index in [1.165, 1.54) is 12.1 Å². The fourth-order valence-electron chi connectivity index (χ4n) is 4.22. The number of halogens is 1. The fraction of sp³-hybridized carbons (Fsp3) is 0.391. The van der Waals surface area contributed by atoms with Gasteiger partial charge in [0, 0.05) is 38.1 Å². The number of aromatic nitrogens is 3. The molecule has 0 aliphatic heterocycles. The lowest BCUT2D eigenvalue weighted by Crippen LogP contribution is -2.35. The van der Waals surface area contributed by atoms with Crippen molar-refractivity contribution in [3.05, 3.63) is 54.2 Å². The third-order valence-corrected chi connectivity index (χ3v) is 6.00. The van der Waals surface area contributed by atoms with Crippen molar-refractivity contribution in [3.8, 4) is 5.69 Å². The third-order valence-electron chi connectivity index (χ3n) is 6.00. The first-order valence-electron chi connectivity index (χ1n) is 10.5. The van der Waals surface area contributed by atoms with Crippen LogP contribution in [0.4, 0.5) is 4.39 Å². The third kappa shape index (κ3) is 4.42. The smallest absolute Gasteiger partial charge is 0.253 e. The van der Waals surface area contributed by atoms with Gasteiger partial charge in [0.2, 0.25) is 5.91 Å². The standard InChI is InChI=1S/C23H26FN5O2/c1-28(2)23(31)16-5-3-15(4-6-16)11-26-22(30)20-12-25-14-21-19(20)13-27-29(21)18-9-7-17(24)8-10-18/h7-10,12-16H,3-6,11H2,1-2H3,(H,26,30). The average Bonchev–Trinajstić information content (AvgIpc) is 3.22. The second-order valence-corrected chi connectivity index (χ2v) is 8.31. The topological polar surface area (TPSA) is 80.1 Å². The Kier molecular flexibility index (Phi) is 5.97. The van der Waals surface area contributed by atoms with Crippen LogP contribution in [0, 0.1) is 17.7 Å². The Morgan fingerprint density at radius 2 is 1.81 bits per heavy atom. The van der Waals surface area contributed by atoms with Crippen molar-refractivity contribution in [1.29, 1.82) is 0 Å². The van der Waals surface area contributed by atoms with E-state index in [2.05, 4.69) is 15.4 Å². The number of fused-ring (bicyclic) bond motifs is 1. The van der Waals surface area contributed by atoms with Crippen LogP contribution in [0.2, 0.25) is 0 Å². The summed E-state index contributed by atoms with van der Waals surface area (Å²) in [6.07, 6.45) is 8.39. The maximum atomic E-state index is 13.2. The molecular formula is C23H26FN5O2. The molecule has 0 spiro atoms. The number of rotatable bonds is 5. The molecule has 162 valence electrons. The molecule has 2 amide bonds. The highest BCUT2D eigenvalue weighted by Gasteiger charge is 2.27. The molecule has 3 aromatic rings. The van der Waals surface area contributed by atoms with Crippen molar-refractivity contribution >= 4 is 22.7 Å². The second kappa shape index (κ2) is 8.83. The number of carbonyl (C=O) groups is 2. The van der Waals surface area contributed by atoms with Crippen LogP contribution in [0.15, 0.2) is 42.9 Å². The molecule has 0 bridgehead atoms. The van der Waals surface area contributed by atoms with Gasteiger partial charge in [-0.15, -0.1) is 0 Å². The normalized spacial score (nSPS) is 18.7. The molecule has 1 aromatic carbocycles. The van der Waals surface area contributed by atoms with Gasteiger partial charge in [0.1, 0.15) is 5.82 Å². The van der Waals surface area contributed by atoms with Crippen LogP contribution >= 0.6 is 0 Å². The summed E-state index contributed by atoms with van der Waals surface area (Å²) in [5, 5.41) is 8.08. The zero-order valence-electron chi connectivity index (χ0n) is 17.7. The molecule has 0 unspecified atom stereocenters. The Balaban J connectivity index is 1.42. The molecule has 2 aromatic heterocycles. The van der Waals surface area contributed by atoms with Crippen molar-refractivity contribution in [2.75, 3.05) is 20.6 Å². The highest BCUT2D eigenvalue weighted by atomic mass is 19.1. The SMILES string of the molecule is CN(C)C(=O)C1CCC(CNC(=O)c2cncc3c2cnn3-c2ccc(F)cc2)CC1. The Morgan fingerprint density at radius 3 is 2.48 bits per heavy atom. The van der Waals surface area contributed by atoms with Gasteiger partial charge < -0.3 is 10.2 Å². The van der Waals surface area contributed by atoms with Gasteiger partial charge in [0.25, 0.3) is 5.91 Å². The fourth-order valence-corrected chi connectivity index (χ4v) is 4.22. The minimum atomic E-state index is -0.321. The monoisotopic (exact) mass is 423 g/mol. The van der Waals surface area contributed by atoms with E-state index in [1.54, 1.807) is 54.4 Å². The van der Waals surface area contributed by atoms with Crippen LogP contribution in [-0.2, 0) is 4.79 Å². The van der Waals surface area contributed by atoms with Crippen LogP contribution in [0.1, 0.15) is 36.0 Å². The molecule has 8 heteroatoms. The van der Waals surface area contributed by atoms with Gasteiger partial charge in [-0.1, -0.05) is 0 Å². The molecule has 0 atom stereocenters. The highest BCUT2D eigenvalue weighted by Crippen LogP contribution is 2.29. The van der Waals surface area contributed by atoms with Crippen molar-refractivity contribution in [1.82, 2.24) is 25.0 Å². The summed E-state index contributed by atoms with van der Waals surface area (Å²) in [6, 6.07) is 6.00. The van der Waals surface area contributed by atoms with E-state index < -0.39 is 0 Å².